The molecule has 2 N–H and O–H groups in total. The molecule has 0 saturated carbocycles. The van der Waals surface area contributed by atoms with Gasteiger partial charge in [-0.1, -0.05) is 17.7 Å². The summed E-state index contributed by atoms with van der Waals surface area (Å²) < 4.78 is 7.70. The van der Waals surface area contributed by atoms with E-state index in [9.17, 15) is 0 Å². The quantitative estimate of drug-likeness (QED) is 0.940. The first-order valence-electron chi connectivity index (χ1n) is 6.60. The van der Waals surface area contributed by atoms with Crippen molar-refractivity contribution in [1.82, 2.24) is 9.78 Å². The largest absolute Gasteiger partial charge is 0.453 e. The molecule has 1 atom stereocenters. The normalized spacial score (nSPS) is 12.5. The summed E-state index contributed by atoms with van der Waals surface area (Å²) in [5, 5.41) is 5.01. The lowest BCUT2D eigenvalue weighted by Gasteiger charge is -2.10. The number of ether oxygens (including phenoxy) is 1. The van der Waals surface area contributed by atoms with E-state index in [0.717, 1.165) is 29.1 Å². The van der Waals surface area contributed by atoms with Gasteiger partial charge in [0, 0.05) is 18.1 Å². The summed E-state index contributed by atoms with van der Waals surface area (Å²) >= 11 is 6.27. The molecule has 4 nitrogen and oxygen atoms in total. The van der Waals surface area contributed by atoms with Crippen molar-refractivity contribution in [2.75, 3.05) is 0 Å². The zero-order valence-electron chi connectivity index (χ0n) is 12.3. The molecule has 2 aromatic rings. The second-order valence-corrected chi connectivity index (χ2v) is 5.57. The Morgan fingerprint density at radius 3 is 2.60 bits per heavy atom. The number of nitrogens with zero attached hydrogens (tertiary/aromatic N) is 2. The molecule has 1 aromatic carbocycles. The minimum Gasteiger partial charge on any atom is -0.453 e. The van der Waals surface area contributed by atoms with Gasteiger partial charge in [0.05, 0.1) is 5.69 Å². The molecular weight excluding hydrogens is 274 g/mol. The van der Waals surface area contributed by atoms with Crippen molar-refractivity contribution < 1.29 is 4.74 Å². The summed E-state index contributed by atoms with van der Waals surface area (Å²) in [5.74, 6) is 1.49. The van der Waals surface area contributed by atoms with Gasteiger partial charge in [-0.05, 0) is 44.9 Å². The highest BCUT2D eigenvalue weighted by atomic mass is 35.5. The van der Waals surface area contributed by atoms with E-state index < -0.39 is 0 Å². The maximum Gasteiger partial charge on any atom is 0.171 e. The molecule has 108 valence electrons. The number of halogens is 1. The molecule has 5 heteroatoms. The third kappa shape index (κ3) is 3.14. The van der Waals surface area contributed by atoms with Crippen LogP contribution in [0.3, 0.4) is 0 Å². The number of aromatic nitrogens is 2. The van der Waals surface area contributed by atoms with Gasteiger partial charge >= 0.3 is 0 Å². The molecule has 0 fully saturated rings. The summed E-state index contributed by atoms with van der Waals surface area (Å²) in [6, 6.07) is 5.78. The van der Waals surface area contributed by atoms with Crippen molar-refractivity contribution in [3.05, 3.63) is 40.2 Å². The van der Waals surface area contributed by atoms with E-state index in [1.807, 2.05) is 46.0 Å². The number of aryl methyl sites for hydroxylation is 2. The lowest BCUT2D eigenvalue weighted by Crippen LogP contribution is -2.17. The molecular formula is C15H20ClN3O. The Morgan fingerprint density at radius 2 is 2.10 bits per heavy atom. The van der Waals surface area contributed by atoms with Crippen LogP contribution in [0.25, 0.3) is 0 Å². The Morgan fingerprint density at radius 1 is 1.40 bits per heavy atom. The standard InChI is InChI=1S/C15H20ClN3O/c1-9(17)7-12-5-6-13(8-14(12)16)20-15-10(2)18-19(4)11(15)3/h5-6,8-9H,7,17H2,1-4H3. The van der Waals surface area contributed by atoms with Crippen LogP contribution in [0.15, 0.2) is 18.2 Å². The Balaban J connectivity index is 2.24. The first-order valence-corrected chi connectivity index (χ1v) is 6.98. The summed E-state index contributed by atoms with van der Waals surface area (Å²) in [6.45, 7) is 5.86. The summed E-state index contributed by atoms with van der Waals surface area (Å²) in [5.41, 5.74) is 8.68. The van der Waals surface area contributed by atoms with Crippen molar-refractivity contribution in [3.8, 4) is 11.5 Å². The summed E-state index contributed by atoms with van der Waals surface area (Å²) in [4.78, 5) is 0. The molecule has 20 heavy (non-hydrogen) atoms. The van der Waals surface area contributed by atoms with Crippen molar-refractivity contribution in [1.29, 1.82) is 0 Å². The molecule has 2 rings (SSSR count). The topological polar surface area (TPSA) is 53.1 Å². The van der Waals surface area contributed by atoms with E-state index in [2.05, 4.69) is 5.10 Å². The average molecular weight is 294 g/mol. The number of hydrogen-bond acceptors (Lipinski definition) is 3. The van der Waals surface area contributed by atoms with E-state index in [-0.39, 0.29) is 6.04 Å². The maximum absolute atomic E-state index is 6.27. The summed E-state index contributed by atoms with van der Waals surface area (Å²) in [7, 11) is 1.90. The van der Waals surface area contributed by atoms with Gasteiger partial charge in [-0.3, -0.25) is 4.68 Å². The van der Waals surface area contributed by atoms with Crippen LogP contribution in [0.4, 0.5) is 0 Å². The van der Waals surface area contributed by atoms with E-state index in [1.165, 1.54) is 0 Å². The van der Waals surface area contributed by atoms with Gasteiger partial charge in [0.25, 0.3) is 0 Å². The van der Waals surface area contributed by atoms with Crippen LogP contribution >= 0.6 is 11.6 Å². The smallest absolute Gasteiger partial charge is 0.171 e. The molecule has 1 heterocycles. The average Bonchev–Trinajstić information content (AvgIpc) is 2.59. The first kappa shape index (κ1) is 14.9. The van der Waals surface area contributed by atoms with Gasteiger partial charge in [-0.15, -0.1) is 0 Å². The second kappa shape index (κ2) is 5.85. The second-order valence-electron chi connectivity index (χ2n) is 5.16. The molecule has 0 aliphatic rings. The molecule has 1 unspecified atom stereocenters. The highest BCUT2D eigenvalue weighted by molar-refractivity contribution is 6.31. The zero-order chi connectivity index (χ0) is 14.9. The van der Waals surface area contributed by atoms with Crippen molar-refractivity contribution in [2.45, 2.75) is 33.2 Å². The minimum absolute atomic E-state index is 0.0853. The highest BCUT2D eigenvalue weighted by Gasteiger charge is 2.12. The lowest BCUT2D eigenvalue weighted by molar-refractivity contribution is 0.474. The predicted molar refractivity (Wildman–Crippen MR) is 81.6 cm³/mol. The first-order chi connectivity index (χ1) is 9.38. The summed E-state index contributed by atoms with van der Waals surface area (Å²) in [6.07, 6.45) is 0.754. The maximum atomic E-state index is 6.27. The third-order valence-electron chi connectivity index (χ3n) is 3.23. The van der Waals surface area contributed by atoms with Crippen LogP contribution in [0.1, 0.15) is 23.9 Å². The molecule has 0 amide bonds. The minimum atomic E-state index is 0.0853. The van der Waals surface area contributed by atoms with Crippen LogP contribution in [-0.2, 0) is 13.5 Å². The van der Waals surface area contributed by atoms with Gasteiger partial charge in [0.2, 0.25) is 0 Å². The SMILES string of the molecule is Cc1nn(C)c(C)c1Oc1ccc(CC(C)N)c(Cl)c1. The van der Waals surface area contributed by atoms with Crippen LogP contribution in [0.5, 0.6) is 11.5 Å². The van der Waals surface area contributed by atoms with Gasteiger partial charge < -0.3 is 10.5 Å². The van der Waals surface area contributed by atoms with E-state index >= 15 is 0 Å². The lowest BCUT2D eigenvalue weighted by atomic mass is 10.1. The highest BCUT2D eigenvalue weighted by Crippen LogP contribution is 2.31. The van der Waals surface area contributed by atoms with Crippen LogP contribution < -0.4 is 10.5 Å². The Hall–Kier alpha value is -1.52. The fraction of sp³-hybridized carbons (Fsp3) is 0.400. The van der Waals surface area contributed by atoms with Crippen LogP contribution in [0, 0.1) is 13.8 Å². The fourth-order valence-electron chi connectivity index (χ4n) is 2.12. The molecule has 0 bridgehead atoms. The van der Waals surface area contributed by atoms with E-state index in [1.54, 1.807) is 4.68 Å². The Kier molecular flexibility index (Phi) is 4.35. The zero-order valence-corrected chi connectivity index (χ0v) is 13.0. The molecule has 0 aliphatic heterocycles. The number of benzene rings is 1. The molecule has 0 aliphatic carbocycles. The number of nitrogens with two attached hydrogens (primary N) is 1. The third-order valence-corrected chi connectivity index (χ3v) is 3.58. The Bertz CT molecular complexity index is 620. The van der Waals surface area contributed by atoms with Crippen molar-refractivity contribution in [2.24, 2.45) is 12.8 Å². The van der Waals surface area contributed by atoms with Crippen LogP contribution in [0.2, 0.25) is 5.02 Å². The van der Waals surface area contributed by atoms with Gasteiger partial charge in [0.15, 0.2) is 5.75 Å². The number of hydrogen-bond donors (Lipinski definition) is 1. The van der Waals surface area contributed by atoms with Gasteiger partial charge in [-0.25, -0.2) is 0 Å². The van der Waals surface area contributed by atoms with Gasteiger partial charge in [-0.2, -0.15) is 5.10 Å². The molecule has 0 radical (unpaired) electrons. The van der Waals surface area contributed by atoms with E-state index in [4.69, 9.17) is 22.1 Å². The number of rotatable bonds is 4. The van der Waals surface area contributed by atoms with E-state index in [0.29, 0.717) is 10.8 Å². The van der Waals surface area contributed by atoms with Crippen molar-refractivity contribution in [3.63, 3.8) is 0 Å². The fourth-order valence-corrected chi connectivity index (χ4v) is 2.37. The van der Waals surface area contributed by atoms with Crippen LogP contribution in [-0.4, -0.2) is 15.8 Å². The molecule has 0 spiro atoms. The Labute approximate surface area is 124 Å². The molecule has 1 aromatic heterocycles. The molecule has 0 saturated heterocycles. The van der Waals surface area contributed by atoms with Gasteiger partial charge in [0.1, 0.15) is 11.4 Å². The monoisotopic (exact) mass is 293 g/mol. The predicted octanol–water partition coefficient (Wildman–Crippen LogP) is 3.37. The van der Waals surface area contributed by atoms with Crippen molar-refractivity contribution >= 4 is 11.6 Å².